The van der Waals surface area contributed by atoms with E-state index in [1.807, 2.05) is 6.92 Å². The van der Waals surface area contributed by atoms with Gasteiger partial charge in [-0.15, -0.1) is 0 Å². The topological polar surface area (TPSA) is 26.0 Å². The van der Waals surface area contributed by atoms with Crippen LogP contribution < -0.4 is 5.73 Å². The van der Waals surface area contributed by atoms with Gasteiger partial charge in [0.2, 0.25) is 0 Å². The van der Waals surface area contributed by atoms with Crippen molar-refractivity contribution in [3.8, 4) is 0 Å². The highest BCUT2D eigenvalue weighted by molar-refractivity contribution is 9.10. The van der Waals surface area contributed by atoms with E-state index in [1.165, 1.54) is 0 Å². The molecule has 1 aromatic carbocycles. The van der Waals surface area contributed by atoms with Crippen molar-refractivity contribution in [3.05, 3.63) is 33.8 Å². The summed E-state index contributed by atoms with van der Waals surface area (Å²) in [5.74, 6) is 0. The van der Waals surface area contributed by atoms with E-state index in [0.29, 0.717) is 16.5 Å². The first-order valence-corrected chi connectivity index (χ1v) is 5.27. The molecule has 0 heterocycles. The lowest BCUT2D eigenvalue weighted by Crippen LogP contribution is -2.11. The lowest BCUT2D eigenvalue weighted by molar-refractivity contribution is -0.137. The molecule has 0 spiro atoms. The Kier molecular flexibility index (Phi) is 3.78. The molecule has 2 N–H and O–H groups in total. The zero-order chi connectivity index (χ0) is 11.6. The zero-order valence-electron chi connectivity index (χ0n) is 8.11. The molecule has 84 valence electrons. The molecule has 0 fully saturated rings. The zero-order valence-corrected chi connectivity index (χ0v) is 9.69. The van der Waals surface area contributed by atoms with Crippen molar-refractivity contribution < 1.29 is 13.2 Å². The van der Waals surface area contributed by atoms with Crippen molar-refractivity contribution in [2.45, 2.75) is 25.6 Å². The number of benzene rings is 1. The molecule has 1 nitrogen and oxygen atoms in total. The summed E-state index contributed by atoms with van der Waals surface area (Å²) in [5, 5.41) is 0. The molecule has 0 aliphatic carbocycles. The van der Waals surface area contributed by atoms with Crippen LogP contribution in [0.15, 0.2) is 22.7 Å². The lowest BCUT2D eigenvalue weighted by atomic mass is 10.0. The van der Waals surface area contributed by atoms with Gasteiger partial charge in [0, 0.05) is 10.5 Å². The lowest BCUT2D eigenvalue weighted by Gasteiger charge is -2.13. The molecule has 1 atom stereocenters. The number of alkyl halides is 3. The third-order valence-corrected chi connectivity index (χ3v) is 2.57. The molecule has 0 aliphatic rings. The number of hydrogen-bond acceptors (Lipinski definition) is 1. The maximum atomic E-state index is 12.5. The monoisotopic (exact) mass is 281 g/mol. The molecular weight excluding hydrogens is 271 g/mol. The standard InChI is InChI=1S/C10H11BrF3N/c1-2-9(15)6-3-7(10(12,13)14)5-8(11)4-6/h3-5,9H,2,15H2,1H3. The van der Waals surface area contributed by atoms with Gasteiger partial charge in [-0.05, 0) is 30.2 Å². The van der Waals surface area contributed by atoms with Crippen LogP contribution in [0.25, 0.3) is 0 Å². The summed E-state index contributed by atoms with van der Waals surface area (Å²) in [6.45, 7) is 1.83. The Balaban J connectivity index is 3.17. The molecule has 15 heavy (non-hydrogen) atoms. The Bertz CT molecular complexity index is 349. The summed E-state index contributed by atoms with van der Waals surface area (Å²) in [7, 11) is 0. The Morgan fingerprint density at radius 3 is 2.40 bits per heavy atom. The summed E-state index contributed by atoms with van der Waals surface area (Å²) in [6.07, 6.45) is -3.72. The van der Waals surface area contributed by atoms with Crippen LogP contribution >= 0.6 is 15.9 Å². The minimum absolute atomic E-state index is 0.358. The molecule has 0 aliphatic heterocycles. The third kappa shape index (κ3) is 3.21. The maximum absolute atomic E-state index is 12.5. The van der Waals surface area contributed by atoms with Gasteiger partial charge in [-0.3, -0.25) is 0 Å². The fourth-order valence-electron chi connectivity index (χ4n) is 1.23. The molecule has 0 amide bonds. The normalized spacial score (nSPS) is 14.0. The highest BCUT2D eigenvalue weighted by Gasteiger charge is 2.31. The molecule has 0 saturated carbocycles. The van der Waals surface area contributed by atoms with Crippen molar-refractivity contribution >= 4 is 15.9 Å². The molecular formula is C10H11BrF3N. The van der Waals surface area contributed by atoms with Crippen LogP contribution in [-0.2, 0) is 6.18 Å². The van der Waals surface area contributed by atoms with Crippen LogP contribution in [-0.4, -0.2) is 0 Å². The fourth-order valence-corrected chi connectivity index (χ4v) is 1.74. The highest BCUT2D eigenvalue weighted by atomic mass is 79.9. The largest absolute Gasteiger partial charge is 0.416 e. The minimum atomic E-state index is -4.33. The Hall–Kier alpha value is -0.550. The van der Waals surface area contributed by atoms with Gasteiger partial charge in [-0.2, -0.15) is 13.2 Å². The first-order valence-electron chi connectivity index (χ1n) is 4.48. The number of hydrogen-bond donors (Lipinski definition) is 1. The van der Waals surface area contributed by atoms with E-state index in [2.05, 4.69) is 15.9 Å². The van der Waals surface area contributed by atoms with E-state index < -0.39 is 11.7 Å². The van der Waals surface area contributed by atoms with Gasteiger partial charge in [-0.1, -0.05) is 22.9 Å². The van der Waals surface area contributed by atoms with Gasteiger partial charge < -0.3 is 5.73 Å². The molecule has 1 rings (SSSR count). The second-order valence-corrected chi connectivity index (χ2v) is 4.20. The van der Waals surface area contributed by atoms with Crippen LogP contribution in [0.2, 0.25) is 0 Å². The number of nitrogens with two attached hydrogens (primary N) is 1. The van der Waals surface area contributed by atoms with Gasteiger partial charge in [0.1, 0.15) is 0 Å². The van der Waals surface area contributed by atoms with Gasteiger partial charge in [0.25, 0.3) is 0 Å². The second-order valence-electron chi connectivity index (χ2n) is 3.29. The van der Waals surface area contributed by atoms with Crippen LogP contribution in [0.4, 0.5) is 13.2 Å². The van der Waals surface area contributed by atoms with Crippen molar-refractivity contribution in [2.75, 3.05) is 0 Å². The quantitative estimate of drug-likeness (QED) is 0.875. The average molecular weight is 282 g/mol. The third-order valence-electron chi connectivity index (χ3n) is 2.12. The van der Waals surface area contributed by atoms with Crippen molar-refractivity contribution in [1.82, 2.24) is 0 Å². The van der Waals surface area contributed by atoms with Crippen LogP contribution in [0.3, 0.4) is 0 Å². The molecule has 0 aromatic heterocycles. The Labute approximate surface area is 94.6 Å². The second kappa shape index (κ2) is 4.53. The van der Waals surface area contributed by atoms with E-state index in [0.717, 1.165) is 12.1 Å². The number of rotatable bonds is 2. The van der Waals surface area contributed by atoms with Crippen LogP contribution in [0, 0.1) is 0 Å². The van der Waals surface area contributed by atoms with Crippen LogP contribution in [0.5, 0.6) is 0 Å². The molecule has 5 heteroatoms. The van der Waals surface area contributed by atoms with Gasteiger partial charge in [0.15, 0.2) is 0 Å². The predicted molar refractivity (Wildman–Crippen MR) is 56.4 cm³/mol. The summed E-state index contributed by atoms with van der Waals surface area (Å²) in [6, 6.07) is 3.40. The molecule has 1 unspecified atom stereocenters. The van der Waals surface area contributed by atoms with Crippen molar-refractivity contribution in [3.63, 3.8) is 0 Å². The summed E-state index contributed by atoms with van der Waals surface area (Å²) in [4.78, 5) is 0. The van der Waals surface area contributed by atoms with Crippen molar-refractivity contribution in [2.24, 2.45) is 5.73 Å². The molecule has 1 aromatic rings. The fraction of sp³-hybridized carbons (Fsp3) is 0.400. The van der Waals surface area contributed by atoms with Gasteiger partial charge in [0.05, 0.1) is 5.56 Å². The van der Waals surface area contributed by atoms with E-state index in [-0.39, 0.29) is 6.04 Å². The molecule has 0 saturated heterocycles. The van der Waals surface area contributed by atoms with Gasteiger partial charge in [-0.25, -0.2) is 0 Å². The summed E-state index contributed by atoms with van der Waals surface area (Å²) in [5.41, 5.74) is 5.52. The van der Waals surface area contributed by atoms with E-state index >= 15 is 0 Å². The Morgan fingerprint density at radius 2 is 1.93 bits per heavy atom. The first kappa shape index (κ1) is 12.5. The molecule has 0 radical (unpaired) electrons. The van der Waals surface area contributed by atoms with Gasteiger partial charge >= 0.3 is 6.18 Å². The first-order chi connectivity index (χ1) is 6.84. The number of halogens is 4. The van der Waals surface area contributed by atoms with E-state index in [9.17, 15) is 13.2 Å². The van der Waals surface area contributed by atoms with E-state index in [4.69, 9.17) is 5.73 Å². The average Bonchev–Trinajstić information content (AvgIpc) is 2.14. The minimum Gasteiger partial charge on any atom is -0.324 e. The smallest absolute Gasteiger partial charge is 0.324 e. The molecule has 0 bridgehead atoms. The van der Waals surface area contributed by atoms with Crippen molar-refractivity contribution in [1.29, 1.82) is 0 Å². The van der Waals surface area contributed by atoms with Crippen LogP contribution in [0.1, 0.15) is 30.5 Å². The van der Waals surface area contributed by atoms with E-state index in [1.54, 1.807) is 6.07 Å². The summed E-state index contributed by atoms with van der Waals surface area (Å²) >= 11 is 3.05. The summed E-state index contributed by atoms with van der Waals surface area (Å²) < 4.78 is 37.8. The highest BCUT2D eigenvalue weighted by Crippen LogP contribution is 2.33. The predicted octanol–water partition coefficient (Wildman–Crippen LogP) is 3.88. The Morgan fingerprint density at radius 1 is 1.33 bits per heavy atom. The maximum Gasteiger partial charge on any atom is 0.416 e. The SMILES string of the molecule is CCC(N)c1cc(Br)cc(C(F)(F)F)c1.